The van der Waals surface area contributed by atoms with E-state index in [1.807, 2.05) is 36.4 Å². The number of hydrogen-bond acceptors (Lipinski definition) is 5. The van der Waals surface area contributed by atoms with Crippen LogP contribution in [-0.2, 0) is 11.3 Å². The molecule has 36 heavy (non-hydrogen) atoms. The molecule has 0 fully saturated rings. The lowest BCUT2D eigenvalue weighted by Gasteiger charge is -2.24. The summed E-state index contributed by atoms with van der Waals surface area (Å²) in [5.74, 6) is -1.20. The molecule has 2 N–H and O–H groups in total. The quantitative estimate of drug-likeness (QED) is 0.278. The van der Waals surface area contributed by atoms with Crippen molar-refractivity contribution in [2.24, 2.45) is 0 Å². The van der Waals surface area contributed by atoms with E-state index in [4.69, 9.17) is 21.7 Å². The molecule has 2 aromatic carbocycles. The summed E-state index contributed by atoms with van der Waals surface area (Å²) >= 11 is 7.81. The van der Waals surface area contributed by atoms with Crippen LogP contribution in [0.25, 0.3) is 11.3 Å². The zero-order valence-corrected chi connectivity index (χ0v) is 21.7. The number of carboxylic acids is 1. The molecule has 1 amide bonds. The first-order valence-corrected chi connectivity index (χ1v) is 13.5. The van der Waals surface area contributed by atoms with E-state index in [0.29, 0.717) is 17.1 Å². The SMILES string of the molecule is O=C(O)CCNC(=O)c1ccc(CN(CCC2=CCCCC2)c2nc(-c3cccc(Cl)c3)cs2)cc1. The second-order valence-electron chi connectivity index (χ2n) is 8.90. The predicted molar refractivity (Wildman–Crippen MR) is 146 cm³/mol. The molecular formula is C28H30ClN3O3S. The van der Waals surface area contributed by atoms with Crippen molar-refractivity contribution < 1.29 is 14.7 Å². The number of carboxylic acid groups (broad SMARTS) is 1. The van der Waals surface area contributed by atoms with Crippen LogP contribution in [0.1, 0.15) is 54.4 Å². The summed E-state index contributed by atoms with van der Waals surface area (Å²) in [5, 5.41) is 15.1. The molecule has 0 unspecified atom stereocenters. The average Bonchev–Trinajstić information content (AvgIpc) is 3.38. The monoisotopic (exact) mass is 523 g/mol. The van der Waals surface area contributed by atoms with Crippen LogP contribution in [0.5, 0.6) is 0 Å². The van der Waals surface area contributed by atoms with Crippen molar-refractivity contribution in [3.8, 4) is 11.3 Å². The Bertz CT molecular complexity index is 1220. The molecule has 1 aliphatic rings. The molecule has 0 bridgehead atoms. The fourth-order valence-electron chi connectivity index (χ4n) is 4.21. The Morgan fingerprint density at radius 2 is 1.97 bits per heavy atom. The molecule has 0 saturated heterocycles. The summed E-state index contributed by atoms with van der Waals surface area (Å²) in [6.45, 7) is 1.65. The van der Waals surface area contributed by atoms with Gasteiger partial charge in [-0.25, -0.2) is 4.98 Å². The first-order chi connectivity index (χ1) is 17.5. The summed E-state index contributed by atoms with van der Waals surface area (Å²) in [5.41, 5.74) is 5.02. The Balaban J connectivity index is 1.47. The summed E-state index contributed by atoms with van der Waals surface area (Å²) in [4.78, 5) is 30.2. The second kappa shape index (κ2) is 12.7. The lowest BCUT2D eigenvalue weighted by atomic mass is 9.97. The molecule has 6 nitrogen and oxygen atoms in total. The molecule has 1 aliphatic carbocycles. The summed E-state index contributed by atoms with van der Waals surface area (Å²) in [6, 6.07) is 15.2. The predicted octanol–water partition coefficient (Wildman–Crippen LogP) is 6.57. The van der Waals surface area contributed by atoms with Gasteiger partial charge in [0.25, 0.3) is 5.91 Å². The van der Waals surface area contributed by atoms with Gasteiger partial charge in [0.1, 0.15) is 0 Å². The third-order valence-corrected chi connectivity index (χ3v) is 7.32. The number of benzene rings is 2. The molecule has 3 aromatic rings. The van der Waals surface area contributed by atoms with Gasteiger partial charge >= 0.3 is 5.97 Å². The zero-order valence-electron chi connectivity index (χ0n) is 20.1. The fourth-order valence-corrected chi connectivity index (χ4v) is 5.26. The average molecular weight is 524 g/mol. The molecule has 4 rings (SSSR count). The highest BCUT2D eigenvalue weighted by atomic mass is 35.5. The number of carbonyl (C=O) groups excluding carboxylic acids is 1. The van der Waals surface area contributed by atoms with Gasteiger partial charge in [0.2, 0.25) is 0 Å². The van der Waals surface area contributed by atoms with Gasteiger partial charge in [-0.2, -0.15) is 0 Å². The maximum atomic E-state index is 12.3. The number of carbonyl (C=O) groups is 2. The van der Waals surface area contributed by atoms with Gasteiger partial charge < -0.3 is 15.3 Å². The van der Waals surface area contributed by atoms with Gasteiger partial charge in [-0.1, -0.05) is 47.5 Å². The molecule has 1 heterocycles. The summed E-state index contributed by atoms with van der Waals surface area (Å²) < 4.78 is 0. The number of allylic oxidation sites excluding steroid dienone is 1. The number of nitrogens with one attached hydrogen (secondary N) is 1. The minimum absolute atomic E-state index is 0.0970. The number of aromatic nitrogens is 1. The number of nitrogens with zero attached hydrogens (tertiary/aromatic N) is 2. The molecule has 1 aromatic heterocycles. The van der Waals surface area contributed by atoms with Crippen LogP contribution in [0.3, 0.4) is 0 Å². The highest BCUT2D eigenvalue weighted by Gasteiger charge is 2.15. The third-order valence-electron chi connectivity index (χ3n) is 6.18. The van der Waals surface area contributed by atoms with Gasteiger partial charge in [-0.3, -0.25) is 9.59 Å². The first-order valence-electron chi connectivity index (χ1n) is 12.2. The van der Waals surface area contributed by atoms with Gasteiger partial charge in [-0.15, -0.1) is 11.3 Å². The van der Waals surface area contributed by atoms with Crippen molar-refractivity contribution in [1.82, 2.24) is 10.3 Å². The van der Waals surface area contributed by atoms with Crippen molar-refractivity contribution in [3.05, 3.63) is 81.7 Å². The maximum absolute atomic E-state index is 12.3. The molecule has 0 atom stereocenters. The minimum atomic E-state index is -0.935. The van der Waals surface area contributed by atoms with E-state index in [1.165, 1.54) is 31.3 Å². The van der Waals surface area contributed by atoms with Gasteiger partial charge in [0.05, 0.1) is 12.1 Å². The molecular weight excluding hydrogens is 494 g/mol. The van der Waals surface area contributed by atoms with Crippen LogP contribution in [0.4, 0.5) is 5.13 Å². The third kappa shape index (κ3) is 7.42. The highest BCUT2D eigenvalue weighted by molar-refractivity contribution is 7.14. The minimum Gasteiger partial charge on any atom is -0.481 e. The summed E-state index contributed by atoms with van der Waals surface area (Å²) in [6.07, 6.45) is 8.18. The van der Waals surface area contributed by atoms with E-state index in [1.54, 1.807) is 23.5 Å². The molecule has 0 saturated carbocycles. The number of halogens is 1. The lowest BCUT2D eigenvalue weighted by Crippen LogP contribution is -2.26. The smallest absolute Gasteiger partial charge is 0.305 e. The zero-order chi connectivity index (χ0) is 25.3. The Morgan fingerprint density at radius 1 is 1.14 bits per heavy atom. The van der Waals surface area contributed by atoms with Gasteiger partial charge in [0.15, 0.2) is 5.13 Å². The van der Waals surface area contributed by atoms with Crippen molar-refractivity contribution in [2.45, 2.75) is 45.1 Å². The maximum Gasteiger partial charge on any atom is 0.305 e. The fraction of sp³-hybridized carbons (Fsp3) is 0.321. The van der Waals surface area contributed by atoms with Crippen LogP contribution in [0.2, 0.25) is 5.02 Å². The number of rotatable bonds is 11. The molecule has 0 spiro atoms. The molecule has 8 heteroatoms. The van der Waals surface area contributed by atoms with Crippen LogP contribution in [-0.4, -0.2) is 35.1 Å². The van der Waals surface area contributed by atoms with Crippen LogP contribution < -0.4 is 10.2 Å². The van der Waals surface area contributed by atoms with E-state index in [0.717, 1.165) is 34.9 Å². The standard InChI is InChI=1S/C28H30ClN3O3S/c29-24-8-4-7-23(17-24)25-19-36-28(31-25)32(16-14-20-5-2-1-3-6-20)18-21-9-11-22(12-10-21)27(35)30-15-13-26(33)34/h4-5,7-12,17,19H,1-3,6,13-16,18H2,(H,30,35)(H,33,34). The van der Waals surface area contributed by atoms with Crippen molar-refractivity contribution in [1.29, 1.82) is 0 Å². The van der Waals surface area contributed by atoms with Gasteiger partial charge in [0, 0.05) is 41.2 Å². The van der Waals surface area contributed by atoms with E-state index < -0.39 is 5.97 Å². The number of thiazole rings is 1. The van der Waals surface area contributed by atoms with E-state index in [9.17, 15) is 9.59 Å². The van der Waals surface area contributed by atoms with Crippen LogP contribution in [0.15, 0.2) is 65.6 Å². The number of hydrogen-bond donors (Lipinski definition) is 2. The van der Waals surface area contributed by atoms with Crippen LogP contribution >= 0.6 is 22.9 Å². The number of amides is 1. The van der Waals surface area contributed by atoms with E-state index in [-0.39, 0.29) is 18.9 Å². The summed E-state index contributed by atoms with van der Waals surface area (Å²) in [7, 11) is 0. The van der Waals surface area contributed by atoms with Gasteiger partial charge in [-0.05, 0) is 61.9 Å². The Hall–Kier alpha value is -3.16. The number of anilines is 1. The van der Waals surface area contributed by atoms with Crippen molar-refractivity contribution >= 4 is 39.9 Å². The largest absolute Gasteiger partial charge is 0.481 e. The Morgan fingerprint density at radius 3 is 2.69 bits per heavy atom. The van der Waals surface area contributed by atoms with Crippen LogP contribution in [0, 0.1) is 0 Å². The second-order valence-corrected chi connectivity index (χ2v) is 10.2. The van der Waals surface area contributed by atoms with E-state index in [2.05, 4.69) is 21.7 Å². The van der Waals surface area contributed by atoms with E-state index >= 15 is 0 Å². The Labute approximate surface area is 220 Å². The van der Waals surface area contributed by atoms with Crippen molar-refractivity contribution in [2.75, 3.05) is 18.0 Å². The highest BCUT2D eigenvalue weighted by Crippen LogP contribution is 2.31. The molecule has 0 radical (unpaired) electrons. The lowest BCUT2D eigenvalue weighted by molar-refractivity contribution is -0.136. The topological polar surface area (TPSA) is 82.5 Å². The Kier molecular flexibility index (Phi) is 9.14. The molecule has 188 valence electrons. The first kappa shape index (κ1) is 25.9. The molecule has 0 aliphatic heterocycles. The van der Waals surface area contributed by atoms with Crippen molar-refractivity contribution in [3.63, 3.8) is 0 Å². The number of aliphatic carboxylic acids is 1. The normalized spacial score (nSPS) is 13.2.